The summed E-state index contributed by atoms with van der Waals surface area (Å²) in [6.07, 6.45) is 6.97. The molecule has 1 aliphatic heterocycles. The van der Waals surface area contributed by atoms with E-state index in [1.165, 1.54) is 32.4 Å². The second kappa shape index (κ2) is 5.81. The molecule has 0 bridgehead atoms. The summed E-state index contributed by atoms with van der Waals surface area (Å²) < 4.78 is 0. The van der Waals surface area contributed by atoms with E-state index in [1.54, 1.807) is 0 Å². The fourth-order valence-corrected chi connectivity index (χ4v) is 3.78. The topological polar surface area (TPSA) is 39.1 Å². The Hall–Kier alpha value is -0.590. The van der Waals surface area contributed by atoms with Gasteiger partial charge in [-0.1, -0.05) is 20.8 Å². The van der Waals surface area contributed by atoms with E-state index >= 15 is 0 Å². The lowest BCUT2D eigenvalue weighted by Crippen LogP contribution is -2.48. The number of hydrogen-bond acceptors (Lipinski definition) is 3. The largest absolute Gasteiger partial charge is 0.300 e. The zero-order chi connectivity index (χ0) is 13.9. The third kappa shape index (κ3) is 3.49. The van der Waals surface area contributed by atoms with Gasteiger partial charge in [0.2, 0.25) is 0 Å². The second-order valence-electron chi connectivity index (χ2n) is 7.26. The molecule has 3 heteroatoms. The molecule has 1 aliphatic carbocycles. The van der Waals surface area contributed by atoms with E-state index in [0.29, 0.717) is 11.5 Å². The Kier molecular flexibility index (Phi) is 4.53. The lowest BCUT2D eigenvalue weighted by Gasteiger charge is -2.41. The average molecular weight is 263 g/mol. The van der Waals surface area contributed by atoms with Crippen molar-refractivity contribution in [3.63, 3.8) is 0 Å². The van der Waals surface area contributed by atoms with Crippen LogP contribution in [-0.4, -0.2) is 36.1 Å². The summed E-state index contributed by atoms with van der Waals surface area (Å²) in [7, 11) is 0. The first-order valence-electron chi connectivity index (χ1n) is 7.91. The molecule has 0 amide bonds. The summed E-state index contributed by atoms with van der Waals surface area (Å²) in [5.41, 5.74) is 0.204. The van der Waals surface area contributed by atoms with E-state index in [-0.39, 0.29) is 5.54 Å². The Balaban J connectivity index is 1.95. The molecule has 2 fully saturated rings. The van der Waals surface area contributed by atoms with Crippen molar-refractivity contribution in [3.8, 4) is 6.07 Å². The van der Waals surface area contributed by atoms with Gasteiger partial charge in [0.05, 0.1) is 6.07 Å². The number of hydrogen-bond donors (Lipinski definition) is 1. The van der Waals surface area contributed by atoms with Gasteiger partial charge in [0.25, 0.3) is 0 Å². The van der Waals surface area contributed by atoms with Gasteiger partial charge in [0.15, 0.2) is 0 Å². The van der Waals surface area contributed by atoms with Crippen molar-refractivity contribution in [1.82, 2.24) is 10.2 Å². The van der Waals surface area contributed by atoms with Gasteiger partial charge in [0, 0.05) is 12.6 Å². The van der Waals surface area contributed by atoms with E-state index in [1.807, 2.05) is 0 Å². The van der Waals surface area contributed by atoms with Crippen LogP contribution in [0.2, 0.25) is 0 Å². The molecule has 2 atom stereocenters. The molecule has 1 heterocycles. The van der Waals surface area contributed by atoms with Crippen LogP contribution in [0, 0.1) is 16.7 Å². The Morgan fingerprint density at radius 3 is 2.79 bits per heavy atom. The maximum atomic E-state index is 9.53. The highest BCUT2D eigenvalue weighted by atomic mass is 15.2. The summed E-state index contributed by atoms with van der Waals surface area (Å²) >= 11 is 0. The smallest absolute Gasteiger partial charge is 0.108 e. The lowest BCUT2D eigenvalue weighted by atomic mass is 9.83. The molecule has 2 unspecified atom stereocenters. The molecule has 0 aromatic carbocycles. The van der Waals surface area contributed by atoms with Crippen molar-refractivity contribution in [2.45, 2.75) is 70.9 Å². The van der Waals surface area contributed by atoms with Gasteiger partial charge in [-0.3, -0.25) is 10.2 Å². The van der Waals surface area contributed by atoms with E-state index in [9.17, 15) is 5.26 Å². The molecule has 1 N–H and O–H groups in total. The zero-order valence-electron chi connectivity index (χ0n) is 12.8. The molecule has 2 aliphatic rings. The van der Waals surface area contributed by atoms with Crippen LogP contribution in [-0.2, 0) is 0 Å². The van der Waals surface area contributed by atoms with E-state index in [4.69, 9.17) is 0 Å². The van der Waals surface area contributed by atoms with Crippen molar-refractivity contribution in [2.24, 2.45) is 5.41 Å². The van der Waals surface area contributed by atoms with Crippen LogP contribution < -0.4 is 5.32 Å². The maximum Gasteiger partial charge on any atom is 0.108 e. The van der Waals surface area contributed by atoms with Gasteiger partial charge in [-0.05, 0) is 57.0 Å². The van der Waals surface area contributed by atoms with E-state index < -0.39 is 0 Å². The van der Waals surface area contributed by atoms with Crippen LogP contribution in [0.5, 0.6) is 0 Å². The number of nitrogens with zero attached hydrogens (tertiary/aromatic N) is 2. The lowest BCUT2D eigenvalue weighted by molar-refractivity contribution is 0.0780. The predicted molar refractivity (Wildman–Crippen MR) is 78.9 cm³/mol. The summed E-state index contributed by atoms with van der Waals surface area (Å²) in [5, 5.41) is 13.0. The van der Waals surface area contributed by atoms with Crippen molar-refractivity contribution < 1.29 is 0 Å². The Labute approximate surface area is 118 Å². The van der Waals surface area contributed by atoms with Gasteiger partial charge < -0.3 is 0 Å². The first-order chi connectivity index (χ1) is 9.00. The SMILES string of the molecule is CCCNC1(C#N)CCC(N2CCCC(C)(C)C2)C1. The molecule has 0 spiro atoms. The quantitative estimate of drug-likeness (QED) is 0.847. The molecule has 2 rings (SSSR count). The minimum Gasteiger partial charge on any atom is -0.300 e. The number of piperidine rings is 1. The predicted octanol–water partition coefficient (Wildman–Crippen LogP) is 2.92. The first-order valence-corrected chi connectivity index (χ1v) is 7.91. The normalized spacial score (nSPS) is 35.2. The number of nitriles is 1. The van der Waals surface area contributed by atoms with Crippen LogP contribution in [0.25, 0.3) is 0 Å². The Morgan fingerprint density at radius 1 is 1.37 bits per heavy atom. The minimum absolute atomic E-state index is 0.248. The average Bonchev–Trinajstić information content (AvgIpc) is 2.80. The zero-order valence-corrected chi connectivity index (χ0v) is 12.8. The highest BCUT2D eigenvalue weighted by Gasteiger charge is 2.42. The Morgan fingerprint density at radius 2 is 2.16 bits per heavy atom. The third-order valence-corrected chi connectivity index (χ3v) is 4.86. The standard InChI is InChI=1S/C16H29N3/c1-4-9-18-16(12-17)8-6-14(11-16)19-10-5-7-15(2,3)13-19/h14,18H,4-11,13H2,1-3H3. The van der Waals surface area contributed by atoms with Crippen LogP contribution >= 0.6 is 0 Å². The van der Waals surface area contributed by atoms with Gasteiger partial charge >= 0.3 is 0 Å². The number of likely N-dealkylation sites (tertiary alicyclic amines) is 1. The molecule has 0 aromatic heterocycles. The summed E-state index contributed by atoms with van der Waals surface area (Å²) in [6, 6.07) is 3.18. The summed E-state index contributed by atoms with van der Waals surface area (Å²) in [6.45, 7) is 10.3. The molecule has 0 aromatic rings. The molecule has 1 saturated heterocycles. The fraction of sp³-hybridized carbons (Fsp3) is 0.938. The third-order valence-electron chi connectivity index (χ3n) is 4.86. The molecular weight excluding hydrogens is 234 g/mol. The maximum absolute atomic E-state index is 9.53. The van der Waals surface area contributed by atoms with Crippen LogP contribution in [0.15, 0.2) is 0 Å². The van der Waals surface area contributed by atoms with Crippen molar-refractivity contribution >= 4 is 0 Å². The Bertz CT molecular complexity index is 344. The van der Waals surface area contributed by atoms with Crippen LogP contribution in [0.4, 0.5) is 0 Å². The van der Waals surface area contributed by atoms with Crippen molar-refractivity contribution in [1.29, 1.82) is 5.26 Å². The van der Waals surface area contributed by atoms with Crippen LogP contribution in [0.3, 0.4) is 0 Å². The number of nitrogens with one attached hydrogen (secondary N) is 1. The van der Waals surface area contributed by atoms with Gasteiger partial charge in [-0.15, -0.1) is 0 Å². The molecule has 1 saturated carbocycles. The van der Waals surface area contributed by atoms with Crippen LogP contribution in [0.1, 0.15) is 59.3 Å². The summed E-state index contributed by atoms with van der Waals surface area (Å²) in [5.74, 6) is 0. The molecule has 0 radical (unpaired) electrons. The van der Waals surface area contributed by atoms with Gasteiger partial charge in [0.1, 0.15) is 5.54 Å². The van der Waals surface area contributed by atoms with E-state index in [0.717, 1.165) is 25.8 Å². The van der Waals surface area contributed by atoms with Crippen molar-refractivity contribution in [2.75, 3.05) is 19.6 Å². The summed E-state index contributed by atoms with van der Waals surface area (Å²) in [4.78, 5) is 2.65. The molecular formula is C16H29N3. The number of rotatable bonds is 4. The van der Waals surface area contributed by atoms with Gasteiger partial charge in [-0.25, -0.2) is 0 Å². The van der Waals surface area contributed by atoms with Crippen molar-refractivity contribution in [3.05, 3.63) is 0 Å². The van der Waals surface area contributed by atoms with E-state index in [2.05, 4.69) is 37.1 Å². The molecule has 3 nitrogen and oxygen atoms in total. The fourth-order valence-electron chi connectivity index (χ4n) is 3.78. The van der Waals surface area contributed by atoms with Gasteiger partial charge in [-0.2, -0.15) is 5.26 Å². The molecule has 108 valence electrons. The highest BCUT2D eigenvalue weighted by molar-refractivity contribution is 5.13. The molecule has 19 heavy (non-hydrogen) atoms. The monoisotopic (exact) mass is 263 g/mol. The minimum atomic E-state index is -0.248. The highest BCUT2D eigenvalue weighted by Crippen LogP contribution is 2.37. The second-order valence-corrected chi connectivity index (χ2v) is 7.26. The first kappa shape index (κ1) is 14.8.